The molecule has 2 aliphatic rings. The fourth-order valence-corrected chi connectivity index (χ4v) is 13.2. The van der Waals surface area contributed by atoms with Crippen molar-refractivity contribution in [3.05, 3.63) is 0 Å². The zero-order chi connectivity index (χ0) is 21.4. The summed E-state index contributed by atoms with van der Waals surface area (Å²) in [5.74, 6) is 0. The summed E-state index contributed by atoms with van der Waals surface area (Å²) in [4.78, 5) is 0. The van der Waals surface area contributed by atoms with Crippen LogP contribution in [0.3, 0.4) is 0 Å². The molecule has 0 aromatic rings. The van der Waals surface area contributed by atoms with Crippen molar-refractivity contribution in [1.82, 2.24) is 0 Å². The molecule has 0 bridgehead atoms. The molecule has 2 saturated heterocycles. The monoisotopic (exact) mass is 472 g/mol. The molecule has 0 aromatic heterocycles. The predicted octanol–water partition coefficient (Wildman–Crippen LogP) is 0.945. The Balaban J connectivity index is 1.87. The van der Waals surface area contributed by atoms with Gasteiger partial charge in [0.2, 0.25) is 0 Å². The zero-order valence-electron chi connectivity index (χ0n) is 18.4. The van der Waals surface area contributed by atoms with Gasteiger partial charge in [0.15, 0.2) is 0 Å². The van der Waals surface area contributed by atoms with Gasteiger partial charge in [0.25, 0.3) is 0 Å². The number of rotatable bonds is 18. The summed E-state index contributed by atoms with van der Waals surface area (Å²) in [5.41, 5.74) is 0. The Morgan fingerprint density at radius 3 is 1.72 bits per heavy atom. The highest BCUT2D eigenvalue weighted by Crippen LogP contribution is 2.26. The fourth-order valence-electron chi connectivity index (χ4n) is 2.76. The van der Waals surface area contributed by atoms with Crippen LogP contribution in [0.25, 0.3) is 0 Å². The van der Waals surface area contributed by atoms with Crippen molar-refractivity contribution in [3.8, 4) is 0 Å². The van der Waals surface area contributed by atoms with Gasteiger partial charge < -0.3 is 44.9 Å². The van der Waals surface area contributed by atoms with Crippen LogP contribution in [0, 0.1) is 0 Å². The average molecular weight is 473 g/mol. The summed E-state index contributed by atoms with van der Waals surface area (Å²) < 4.78 is 57.0. The van der Waals surface area contributed by atoms with E-state index in [9.17, 15) is 0 Å². The highest BCUT2D eigenvalue weighted by molar-refractivity contribution is 6.82. The molecule has 172 valence electrons. The lowest BCUT2D eigenvalue weighted by Gasteiger charge is -2.38. The predicted molar refractivity (Wildman–Crippen MR) is 110 cm³/mol. The van der Waals surface area contributed by atoms with Crippen molar-refractivity contribution >= 4 is 26.2 Å². The van der Waals surface area contributed by atoms with Crippen molar-refractivity contribution in [2.45, 2.75) is 37.8 Å². The van der Waals surface area contributed by atoms with Gasteiger partial charge in [-0.15, -0.1) is 0 Å². The molecule has 13 heteroatoms. The lowest BCUT2D eigenvalue weighted by atomic mass is 10.5. The van der Waals surface area contributed by atoms with Crippen LogP contribution in [0.15, 0.2) is 0 Å². The molecule has 2 unspecified atom stereocenters. The second-order valence-corrected chi connectivity index (χ2v) is 17.0. The Hall–Kier alpha value is 0.251. The molecule has 2 aliphatic heterocycles. The molecule has 0 spiro atoms. The van der Waals surface area contributed by atoms with Gasteiger partial charge in [-0.1, -0.05) is 0 Å². The van der Waals surface area contributed by atoms with E-state index < -0.39 is 26.2 Å². The molecule has 2 rings (SSSR count). The Bertz CT molecular complexity index is 468. The molecule has 0 aliphatic carbocycles. The van der Waals surface area contributed by atoms with E-state index in [0.29, 0.717) is 25.9 Å². The summed E-state index contributed by atoms with van der Waals surface area (Å²) >= 11 is 0. The van der Waals surface area contributed by atoms with Crippen LogP contribution >= 0.6 is 0 Å². The van der Waals surface area contributed by atoms with Gasteiger partial charge in [-0.25, -0.2) is 0 Å². The first-order chi connectivity index (χ1) is 13.8. The molecule has 10 nitrogen and oxygen atoms in total. The van der Waals surface area contributed by atoms with Crippen LogP contribution in [0.4, 0.5) is 0 Å². The van der Waals surface area contributed by atoms with Crippen molar-refractivity contribution in [2.75, 3.05) is 67.7 Å². The molecular weight excluding hydrogens is 436 g/mol. The van der Waals surface area contributed by atoms with Crippen molar-refractivity contribution in [1.29, 1.82) is 0 Å². The van der Waals surface area contributed by atoms with Gasteiger partial charge in [-0.3, -0.25) is 0 Å². The molecule has 0 N–H and O–H groups in total. The first-order valence-electron chi connectivity index (χ1n) is 9.81. The van der Waals surface area contributed by atoms with E-state index in [1.807, 2.05) is 13.1 Å². The van der Waals surface area contributed by atoms with Gasteiger partial charge in [0.1, 0.15) is 18.4 Å². The third-order valence-corrected chi connectivity index (χ3v) is 14.9. The fraction of sp³-hybridized carbons (Fsp3) is 1.00. The Labute approximate surface area is 176 Å². The summed E-state index contributed by atoms with van der Waals surface area (Å²) in [7, 11) is -2.39. The van der Waals surface area contributed by atoms with E-state index in [2.05, 4.69) is 0 Å². The Morgan fingerprint density at radius 1 is 0.759 bits per heavy atom. The quantitative estimate of drug-likeness (QED) is 0.163. The van der Waals surface area contributed by atoms with Crippen LogP contribution in [0.5, 0.6) is 0 Å². The van der Waals surface area contributed by atoms with Crippen molar-refractivity contribution in [3.63, 3.8) is 0 Å². The van der Waals surface area contributed by atoms with Crippen LogP contribution in [-0.2, 0) is 44.9 Å². The number of ether oxygens (including phenoxy) is 4. The van der Waals surface area contributed by atoms with Gasteiger partial charge >= 0.3 is 26.2 Å². The van der Waals surface area contributed by atoms with E-state index in [4.69, 9.17) is 44.9 Å². The largest absolute Gasteiger partial charge is 0.518 e. The zero-order valence-corrected chi connectivity index (χ0v) is 21.4. The lowest BCUT2D eigenvalue weighted by molar-refractivity contribution is 0.0651. The topological polar surface area (TPSA) is 98.9 Å². The van der Waals surface area contributed by atoms with Gasteiger partial charge in [-0.05, 0) is 19.5 Å². The average Bonchev–Trinajstić information content (AvgIpc) is 3.61. The highest BCUT2D eigenvalue weighted by atomic mass is 28.5. The van der Waals surface area contributed by atoms with Crippen LogP contribution < -0.4 is 0 Å². The van der Waals surface area contributed by atoms with Gasteiger partial charge in [0.05, 0.1) is 26.4 Å². The second-order valence-electron chi connectivity index (χ2n) is 7.39. The van der Waals surface area contributed by atoms with Gasteiger partial charge in [0, 0.05) is 41.1 Å². The summed E-state index contributed by atoms with van der Waals surface area (Å²) in [6.45, 7) is 7.09. The molecule has 0 saturated carbocycles. The minimum absolute atomic E-state index is 0.160. The molecule has 2 heterocycles. The maximum atomic E-state index is 6.39. The first kappa shape index (κ1) is 25.5. The SMILES string of the molecule is CO[Si](CCCOCC1CO1)(OC)O[Si](C)(C)O[Si](COCC1CO1)(OC)OC. The maximum Gasteiger partial charge on any atom is 0.518 e. The van der Waals surface area contributed by atoms with Gasteiger partial charge in [-0.2, -0.15) is 0 Å². The lowest BCUT2D eigenvalue weighted by Crippen LogP contribution is -2.61. The number of hydrogen-bond donors (Lipinski definition) is 0. The molecule has 0 radical (unpaired) electrons. The Morgan fingerprint density at radius 2 is 1.24 bits per heavy atom. The van der Waals surface area contributed by atoms with E-state index in [1.54, 1.807) is 28.4 Å². The molecule has 0 aromatic carbocycles. The maximum absolute atomic E-state index is 6.39. The minimum atomic E-state index is -3.06. The van der Waals surface area contributed by atoms with E-state index in [-0.39, 0.29) is 18.4 Å². The van der Waals surface area contributed by atoms with E-state index >= 15 is 0 Å². The first-order valence-corrected chi connectivity index (χ1v) is 16.5. The summed E-state index contributed by atoms with van der Waals surface area (Å²) in [6, 6.07) is 0.620. The second kappa shape index (κ2) is 11.8. The van der Waals surface area contributed by atoms with Crippen LogP contribution in [-0.4, -0.2) is 106 Å². The molecule has 2 atom stereocenters. The molecular formula is C16H36O10Si3. The smallest absolute Gasteiger partial charge is 0.394 e. The molecule has 0 amide bonds. The van der Waals surface area contributed by atoms with E-state index in [0.717, 1.165) is 19.6 Å². The van der Waals surface area contributed by atoms with Crippen LogP contribution in [0.1, 0.15) is 6.42 Å². The Kier molecular flexibility index (Phi) is 10.3. The third kappa shape index (κ3) is 9.10. The van der Waals surface area contributed by atoms with Crippen LogP contribution in [0.2, 0.25) is 19.1 Å². The number of hydrogen-bond acceptors (Lipinski definition) is 10. The normalized spacial score (nSPS) is 22.1. The molecule has 2 fully saturated rings. The molecule has 29 heavy (non-hydrogen) atoms. The highest BCUT2D eigenvalue weighted by Gasteiger charge is 2.52. The standard InChI is InChI=1S/C16H36O10Si3/c1-17-28(18-2,9-7-8-21-10-15-12-23-15)25-27(5,6)26-29(19-3,20-4)14-22-11-16-13-24-16/h15-16H,7-14H2,1-6H3. The summed E-state index contributed by atoms with van der Waals surface area (Å²) in [5, 5.41) is 0. The minimum Gasteiger partial charge on any atom is -0.394 e. The van der Waals surface area contributed by atoms with Crippen molar-refractivity contribution < 1.29 is 44.9 Å². The third-order valence-electron chi connectivity index (χ3n) is 4.51. The van der Waals surface area contributed by atoms with Crippen molar-refractivity contribution in [2.24, 2.45) is 0 Å². The number of epoxide rings is 2. The van der Waals surface area contributed by atoms with E-state index in [1.165, 1.54) is 0 Å². The summed E-state index contributed by atoms with van der Waals surface area (Å²) in [6.07, 6.45) is 1.40.